The summed E-state index contributed by atoms with van der Waals surface area (Å²) in [6.07, 6.45) is 2.19. The lowest BCUT2D eigenvalue weighted by Gasteiger charge is -2.14. The molecule has 1 saturated heterocycles. The van der Waals surface area contributed by atoms with Crippen molar-refractivity contribution >= 4 is 11.9 Å². The van der Waals surface area contributed by atoms with Crippen molar-refractivity contribution in [1.82, 2.24) is 15.1 Å². The lowest BCUT2D eigenvalue weighted by molar-refractivity contribution is -0.142. The van der Waals surface area contributed by atoms with Gasteiger partial charge in [0.1, 0.15) is 5.69 Å². The van der Waals surface area contributed by atoms with Crippen LogP contribution in [-0.2, 0) is 4.79 Å². The number of nitrogens with one attached hydrogen (secondary N) is 1. The predicted molar refractivity (Wildman–Crippen MR) is 66.6 cm³/mol. The topological polar surface area (TPSA) is 86.3 Å². The molecule has 1 aromatic heterocycles. The Bertz CT molecular complexity index is 521. The Morgan fingerprint density at radius 3 is 2.68 bits per heavy atom. The largest absolute Gasteiger partial charge is 0.481 e. The first kappa shape index (κ1) is 12.2. The maximum Gasteiger partial charge on any atom is 0.308 e. The Hall–Kier alpha value is -1.85. The van der Waals surface area contributed by atoms with Crippen LogP contribution in [0.1, 0.15) is 29.0 Å². The van der Waals surface area contributed by atoms with E-state index in [0.717, 1.165) is 18.5 Å². The van der Waals surface area contributed by atoms with Crippen LogP contribution < -0.4 is 0 Å². The van der Waals surface area contributed by atoms with Crippen LogP contribution in [0.3, 0.4) is 0 Å². The van der Waals surface area contributed by atoms with E-state index in [9.17, 15) is 14.7 Å². The van der Waals surface area contributed by atoms with Crippen LogP contribution in [0.5, 0.6) is 0 Å². The number of aliphatic carboxylic acids is 1. The molecule has 2 fully saturated rings. The van der Waals surface area contributed by atoms with Gasteiger partial charge in [0, 0.05) is 18.8 Å². The SMILES string of the molecule is Cc1cc(C(=O)N2C[C@H](C(=O)O)[C@@H](C3CC3)C2)n[nH]1. The van der Waals surface area contributed by atoms with Gasteiger partial charge in [0.25, 0.3) is 5.91 Å². The van der Waals surface area contributed by atoms with Crippen LogP contribution in [0.25, 0.3) is 0 Å². The van der Waals surface area contributed by atoms with Gasteiger partial charge in [-0.3, -0.25) is 14.7 Å². The molecule has 1 aromatic rings. The monoisotopic (exact) mass is 263 g/mol. The molecule has 0 aromatic carbocycles. The van der Waals surface area contributed by atoms with Crippen molar-refractivity contribution < 1.29 is 14.7 Å². The highest BCUT2D eigenvalue weighted by molar-refractivity contribution is 5.93. The van der Waals surface area contributed by atoms with Crippen molar-refractivity contribution in [2.45, 2.75) is 19.8 Å². The fourth-order valence-electron chi connectivity index (χ4n) is 2.95. The molecule has 102 valence electrons. The van der Waals surface area contributed by atoms with Crippen molar-refractivity contribution in [1.29, 1.82) is 0 Å². The number of H-pyrrole nitrogens is 1. The maximum absolute atomic E-state index is 12.3. The minimum Gasteiger partial charge on any atom is -0.481 e. The maximum atomic E-state index is 12.3. The Balaban J connectivity index is 1.75. The van der Waals surface area contributed by atoms with Crippen molar-refractivity contribution in [2.75, 3.05) is 13.1 Å². The van der Waals surface area contributed by atoms with E-state index >= 15 is 0 Å². The quantitative estimate of drug-likeness (QED) is 0.848. The third-order valence-electron chi connectivity index (χ3n) is 4.12. The zero-order valence-electron chi connectivity index (χ0n) is 10.8. The van der Waals surface area contributed by atoms with Gasteiger partial charge in [0.05, 0.1) is 5.92 Å². The summed E-state index contributed by atoms with van der Waals surface area (Å²) in [6, 6.07) is 1.70. The van der Waals surface area contributed by atoms with Gasteiger partial charge in [-0.05, 0) is 37.7 Å². The molecule has 1 amide bonds. The molecule has 0 unspecified atom stereocenters. The fraction of sp³-hybridized carbons (Fsp3) is 0.615. The summed E-state index contributed by atoms with van der Waals surface area (Å²) in [5.74, 6) is -0.776. The number of aromatic nitrogens is 2. The summed E-state index contributed by atoms with van der Waals surface area (Å²) in [6.45, 7) is 2.69. The van der Waals surface area contributed by atoms with Crippen molar-refractivity contribution in [3.63, 3.8) is 0 Å². The number of amides is 1. The molecule has 1 aliphatic heterocycles. The number of hydrogen-bond donors (Lipinski definition) is 2. The molecule has 6 heteroatoms. The van der Waals surface area contributed by atoms with Crippen LogP contribution in [0.15, 0.2) is 6.07 Å². The van der Waals surface area contributed by atoms with Crippen LogP contribution in [0.4, 0.5) is 0 Å². The molecule has 1 aliphatic carbocycles. The van der Waals surface area contributed by atoms with Gasteiger partial charge in [0.15, 0.2) is 0 Å². The molecule has 0 radical (unpaired) electrons. The summed E-state index contributed by atoms with van der Waals surface area (Å²) >= 11 is 0. The molecule has 2 heterocycles. The van der Waals surface area contributed by atoms with Gasteiger partial charge >= 0.3 is 5.97 Å². The summed E-state index contributed by atoms with van der Waals surface area (Å²) in [5.41, 5.74) is 1.20. The van der Waals surface area contributed by atoms with E-state index in [1.165, 1.54) is 0 Å². The Morgan fingerprint density at radius 1 is 1.42 bits per heavy atom. The van der Waals surface area contributed by atoms with Crippen molar-refractivity contribution in [2.24, 2.45) is 17.8 Å². The normalized spacial score (nSPS) is 26.7. The Kier molecular flexibility index (Phi) is 2.80. The van der Waals surface area contributed by atoms with Crippen LogP contribution >= 0.6 is 0 Å². The second-order valence-corrected chi connectivity index (χ2v) is 5.59. The second kappa shape index (κ2) is 4.36. The van der Waals surface area contributed by atoms with Crippen LogP contribution in [0, 0.1) is 24.7 Å². The molecule has 0 spiro atoms. The molecule has 1 saturated carbocycles. The number of hydrogen-bond acceptors (Lipinski definition) is 3. The molecule has 3 rings (SSSR count). The molecule has 2 atom stereocenters. The smallest absolute Gasteiger partial charge is 0.308 e. The number of aryl methyl sites for hydroxylation is 1. The molecule has 19 heavy (non-hydrogen) atoms. The van der Waals surface area contributed by atoms with Crippen molar-refractivity contribution in [3.8, 4) is 0 Å². The van der Waals surface area contributed by atoms with Crippen LogP contribution in [-0.4, -0.2) is 45.2 Å². The van der Waals surface area contributed by atoms with E-state index in [-0.39, 0.29) is 11.8 Å². The summed E-state index contributed by atoms with van der Waals surface area (Å²) in [7, 11) is 0. The fourth-order valence-corrected chi connectivity index (χ4v) is 2.95. The number of carboxylic acids is 1. The standard InChI is InChI=1S/C13H17N3O3/c1-7-4-11(15-14-7)12(17)16-5-9(8-2-3-8)10(6-16)13(18)19/h4,8-10H,2-3,5-6H2,1H3,(H,14,15)(H,18,19)/t9-,10+/m1/s1. The summed E-state index contributed by atoms with van der Waals surface area (Å²) < 4.78 is 0. The number of likely N-dealkylation sites (tertiary alicyclic amines) is 1. The van der Waals surface area contributed by atoms with E-state index in [1.54, 1.807) is 11.0 Å². The Labute approximate surface area is 110 Å². The third kappa shape index (κ3) is 2.22. The highest BCUT2D eigenvalue weighted by atomic mass is 16.4. The van der Waals surface area contributed by atoms with Crippen molar-refractivity contribution in [3.05, 3.63) is 17.5 Å². The average Bonchev–Trinajstić information content (AvgIpc) is 2.96. The van der Waals surface area contributed by atoms with E-state index in [4.69, 9.17) is 0 Å². The van der Waals surface area contributed by atoms with E-state index < -0.39 is 11.9 Å². The number of carbonyl (C=O) groups excluding carboxylic acids is 1. The van der Waals surface area contributed by atoms with E-state index in [0.29, 0.717) is 24.7 Å². The molecule has 6 nitrogen and oxygen atoms in total. The first-order valence-corrected chi connectivity index (χ1v) is 6.60. The predicted octanol–water partition coefficient (Wildman–Crippen LogP) is 0.901. The number of carbonyl (C=O) groups is 2. The number of carboxylic acid groups (broad SMARTS) is 1. The molecule has 2 N–H and O–H groups in total. The minimum absolute atomic E-state index is 0.112. The van der Waals surface area contributed by atoms with E-state index in [2.05, 4.69) is 10.2 Å². The molecular formula is C13H17N3O3. The zero-order chi connectivity index (χ0) is 13.6. The number of aromatic amines is 1. The first-order chi connectivity index (χ1) is 9.06. The molecule has 0 bridgehead atoms. The van der Waals surface area contributed by atoms with Gasteiger partial charge in [-0.2, -0.15) is 5.10 Å². The highest BCUT2D eigenvalue weighted by Gasteiger charge is 2.47. The number of nitrogens with zero attached hydrogens (tertiary/aromatic N) is 2. The van der Waals surface area contributed by atoms with Gasteiger partial charge in [0.2, 0.25) is 0 Å². The van der Waals surface area contributed by atoms with Gasteiger partial charge < -0.3 is 10.0 Å². The lowest BCUT2D eigenvalue weighted by atomic mass is 9.92. The average molecular weight is 263 g/mol. The van der Waals surface area contributed by atoms with E-state index in [1.807, 2.05) is 6.92 Å². The summed E-state index contributed by atoms with van der Waals surface area (Å²) in [4.78, 5) is 25.2. The second-order valence-electron chi connectivity index (χ2n) is 5.59. The third-order valence-corrected chi connectivity index (χ3v) is 4.12. The number of rotatable bonds is 3. The first-order valence-electron chi connectivity index (χ1n) is 6.60. The van der Waals surface area contributed by atoms with Gasteiger partial charge in [-0.25, -0.2) is 0 Å². The van der Waals surface area contributed by atoms with Gasteiger partial charge in [-0.1, -0.05) is 0 Å². The summed E-state index contributed by atoms with van der Waals surface area (Å²) in [5, 5.41) is 16.0. The highest BCUT2D eigenvalue weighted by Crippen LogP contribution is 2.44. The molecular weight excluding hydrogens is 246 g/mol. The lowest BCUT2D eigenvalue weighted by Crippen LogP contribution is -2.30. The van der Waals surface area contributed by atoms with Crippen LogP contribution in [0.2, 0.25) is 0 Å². The Morgan fingerprint density at radius 2 is 2.16 bits per heavy atom. The zero-order valence-corrected chi connectivity index (χ0v) is 10.8. The molecule has 2 aliphatic rings. The minimum atomic E-state index is -0.787. The van der Waals surface area contributed by atoms with Gasteiger partial charge in [-0.15, -0.1) is 0 Å².